The molecule has 2 aromatic heterocycles. The monoisotopic (exact) mass is 371 g/mol. The molecule has 0 unspecified atom stereocenters. The molecule has 0 N–H and O–H groups in total. The van der Waals surface area contributed by atoms with E-state index >= 15 is 0 Å². The van der Waals surface area contributed by atoms with E-state index in [1.807, 2.05) is 41.8 Å². The lowest BCUT2D eigenvalue weighted by atomic mass is 10.1. The Labute approximate surface area is 155 Å². The van der Waals surface area contributed by atoms with Crippen molar-refractivity contribution >= 4 is 33.3 Å². The number of thiophene rings is 1. The molecular formula is C19H21N3OS2. The minimum atomic E-state index is 0.0340. The van der Waals surface area contributed by atoms with Crippen molar-refractivity contribution in [2.45, 2.75) is 24.4 Å². The maximum atomic E-state index is 13.0. The lowest BCUT2D eigenvalue weighted by Gasteiger charge is -2.26. The van der Waals surface area contributed by atoms with Crippen LogP contribution in [0.2, 0.25) is 0 Å². The molecule has 1 saturated heterocycles. The molecule has 3 heterocycles. The van der Waals surface area contributed by atoms with Gasteiger partial charge in [-0.05, 0) is 49.5 Å². The second kappa shape index (κ2) is 7.72. The van der Waals surface area contributed by atoms with E-state index in [4.69, 9.17) is 4.98 Å². The Morgan fingerprint density at radius 3 is 2.68 bits per heavy atom. The van der Waals surface area contributed by atoms with Gasteiger partial charge in [-0.2, -0.15) is 0 Å². The largest absolute Gasteiger partial charge is 0.303 e. The second-order valence-electron chi connectivity index (χ2n) is 6.26. The maximum Gasteiger partial charge on any atom is 0.276 e. The van der Waals surface area contributed by atoms with Crippen LogP contribution in [-0.4, -0.2) is 39.8 Å². The topological polar surface area (TPSA) is 38.1 Å². The fourth-order valence-corrected chi connectivity index (χ4v) is 5.01. The van der Waals surface area contributed by atoms with E-state index in [1.165, 1.54) is 43.7 Å². The Morgan fingerprint density at radius 2 is 1.88 bits per heavy atom. The van der Waals surface area contributed by atoms with Gasteiger partial charge in [-0.3, -0.25) is 9.36 Å². The molecule has 0 saturated carbocycles. The molecule has 3 aromatic rings. The predicted molar refractivity (Wildman–Crippen MR) is 106 cm³/mol. The fourth-order valence-electron chi connectivity index (χ4n) is 3.24. The molecule has 4 nitrogen and oxygen atoms in total. The quantitative estimate of drug-likeness (QED) is 0.501. The van der Waals surface area contributed by atoms with Crippen LogP contribution in [0.4, 0.5) is 0 Å². The minimum Gasteiger partial charge on any atom is -0.303 e. The molecule has 0 atom stereocenters. The Balaban J connectivity index is 1.63. The average molecular weight is 372 g/mol. The van der Waals surface area contributed by atoms with E-state index in [0.717, 1.165) is 33.4 Å². The van der Waals surface area contributed by atoms with Crippen molar-refractivity contribution in [2.75, 3.05) is 25.4 Å². The standard InChI is InChI=1S/C19H21N3OS2/c23-18-17-16(9-13-24-17)20-19(22(18)15-7-3-1-4-8-15)25-14-12-21-10-5-2-6-11-21/h1,3-4,7-9,13H,2,5-6,10-12,14H2. The molecule has 130 valence electrons. The second-order valence-corrected chi connectivity index (χ2v) is 8.23. The number of fused-ring (bicyclic) bond motifs is 1. The zero-order valence-corrected chi connectivity index (χ0v) is 15.7. The zero-order valence-electron chi connectivity index (χ0n) is 14.1. The summed E-state index contributed by atoms with van der Waals surface area (Å²) < 4.78 is 2.49. The Kier molecular flexibility index (Phi) is 5.20. The molecular weight excluding hydrogens is 350 g/mol. The average Bonchev–Trinajstić information content (AvgIpc) is 3.12. The van der Waals surface area contributed by atoms with Gasteiger partial charge in [0, 0.05) is 12.3 Å². The Bertz CT molecular complexity index is 898. The first kappa shape index (κ1) is 16.8. The summed E-state index contributed by atoms with van der Waals surface area (Å²) in [5.74, 6) is 0.953. The van der Waals surface area contributed by atoms with Gasteiger partial charge in [0.2, 0.25) is 0 Å². The van der Waals surface area contributed by atoms with E-state index in [0.29, 0.717) is 0 Å². The SMILES string of the molecule is O=c1c2sccc2nc(SCCN2CCCCC2)n1-c1ccccc1. The number of rotatable bonds is 5. The van der Waals surface area contributed by atoms with Crippen LogP contribution in [-0.2, 0) is 0 Å². The Hall–Kier alpha value is -1.63. The predicted octanol–water partition coefficient (Wildman–Crippen LogP) is 4.03. The number of hydrogen-bond acceptors (Lipinski definition) is 5. The van der Waals surface area contributed by atoms with Crippen LogP contribution >= 0.6 is 23.1 Å². The highest BCUT2D eigenvalue weighted by atomic mass is 32.2. The number of para-hydroxylation sites is 1. The molecule has 1 aliphatic rings. The van der Waals surface area contributed by atoms with Gasteiger partial charge in [-0.25, -0.2) is 4.98 Å². The first-order valence-electron chi connectivity index (χ1n) is 8.74. The van der Waals surface area contributed by atoms with Gasteiger partial charge in [-0.1, -0.05) is 36.4 Å². The van der Waals surface area contributed by atoms with Crippen molar-refractivity contribution in [2.24, 2.45) is 0 Å². The highest BCUT2D eigenvalue weighted by Gasteiger charge is 2.15. The molecule has 1 aliphatic heterocycles. The summed E-state index contributed by atoms with van der Waals surface area (Å²) >= 11 is 3.15. The van der Waals surface area contributed by atoms with Gasteiger partial charge in [0.15, 0.2) is 5.16 Å². The Morgan fingerprint density at radius 1 is 1.08 bits per heavy atom. The van der Waals surface area contributed by atoms with Gasteiger partial charge < -0.3 is 4.90 Å². The highest BCUT2D eigenvalue weighted by molar-refractivity contribution is 7.99. The molecule has 1 fully saturated rings. The van der Waals surface area contributed by atoms with Crippen molar-refractivity contribution in [3.63, 3.8) is 0 Å². The van der Waals surface area contributed by atoms with Gasteiger partial charge in [-0.15, -0.1) is 11.3 Å². The van der Waals surface area contributed by atoms with Crippen LogP contribution in [0.15, 0.2) is 51.7 Å². The number of hydrogen-bond donors (Lipinski definition) is 0. The van der Waals surface area contributed by atoms with Gasteiger partial charge in [0.1, 0.15) is 4.70 Å². The summed E-state index contributed by atoms with van der Waals surface area (Å²) in [6.07, 6.45) is 3.96. The zero-order chi connectivity index (χ0) is 17.1. The van der Waals surface area contributed by atoms with Crippen LogP contribution in [0, 0.1) is 0 Å². The molecule has 0 aliphatic carbocycles. The summed E-state index contributed by atoms with van der Waals surface area (Å²) in [5, 5.41) is 2.73. The van der Waals surface area contributed by atoms with E-state index in [1.54, 1.807) is 16.3 Å². The van der Waals surface area contributed by atoms with Crippen molar-refractivity contribution < 1.29 is 0 Å². The number of likely N-dealkylation sites (tertiary alicyclic amines) is 1. The fraction of sp³-hybridized carbons (Fsp3) is 0.368. The molecule has 0 radical (unpaired) electrons. The number of benzene rings is 1. The molecule has 0 amide bonds. The third kappa shape index (κ3) is 3.66. The van der Waals surface area contributed by atoms with Crippen molar-refractivity contribution in [1.29, 1.82) is 0 Å². The lowest BCUT2D eigenvalue weighted by Crippen LogP contribution is -2.31. The van der Waals surface area contributed by atoms with Crippen LogP contribution in [0.1, 0.15) is 19.3 Å². The van der Waals surface area contributed by atoms with E-state index in [2.05, 4.69) is 4.90 Å². The number of piperidine rings is 1. The summed E-state index contributed by atoms with van der Waals surface area (Å²) in [6.45, 7) is 3.45. The third-order valence-electron chi connectivity index (χ3n) is 4.55. The third-order valence-corrected chi connectivity index (χ3v) is 6.36. The van der Waals surface area contributed by atoms with Crippen LogP contribution < -0.4 is 5.56 Å². The summed E-state index contributed by atoms with van der Waals surface area (Å²) in [7, 11) is 0. The van der Waals surface area contributed by atoms with Gasteiger partial charge in [0.05, 0.1) is 11.2 Å². The molecule has 0 bridgehead atoms. The first-order valence-corrected chi connectivity index (χ1v) is 10.6. The van der Waals surface area contributed by atoms with Crippen LogP contribution in [0.5, 0.6) is 0 Å². The highest BCUT2D eigenvalue weighted by Crippen LogP contribution is 2.24. The normalized spacial score (nSPS) is 15.7. The first-order chi connectivity index (χ1) is 12.3. The summed E-state index contributed by atoms with van der Waals surface area (Å²) in [6, 6.07) is 11.8. The number of nitrogens with zero attached hydrogens (tertiary/aromatic N) is 3. The van der Waals surface area contributed by atoms with Crippen molar-refractivity contribution in [1.82, 2.24) is 14.5 Å². The van der Waals surface area contributed by atoms with Crippen LogP contribution in [0.3, 0.4) is 0 Å². The lowest BCUT2D eigenvalue weighted by molar-refractivity contribution is 0.242. The summed E-state index contributed by atoms with van der Waals surface area (Å²) in [4.78, 5) is 20.3. The smallest absolute Gasteiger partial charge is 0.276 e. The minimum absolute atomic E-state index is 0.0340. The van der Waals surface area contributed by atoms with Gasteiger partial charge in [0.25, 0.3) is 5.56 Å². The van der Waals surface area contributed by atoms with Crippen molar-refractivity contribution in [3.8, 4) is 5.69 Å². The number of aromatic nitrogens is 2. The summed E-state index contributed by atoms with van der Waals surface area (Å²) in [5.41, 5.74) is 1.73. The molecule has 1 aromatic carbocycles. The molecule has 25 heavy (non-hydrogen) atoms. The van der Waals surface area contributed by atoms with E-state index < -0.39 is 0 Å². The molecule has 6 heteroatoms. The van der Waals surface area contributed by atoms with Crippen molar-refractivity contribution in [3.05, 3.63) is 52.1 Å². The molecule has 0 spiro atoms. The molecule has 4 rings (SSSR count). The van der Waals surface area contributed by atoms with Gasteiger partial charge >= 0.3 is 0 Å². The van der Waals surface area contributed by atoms with E-state index in [-0.39, 0.29) is 5.56 Å². The van der Waals surface area contributed by atoms with E-state index in [9.17, 15) is 4.79 Å². The van der Waals surface area contributed by atoms with Crippen LogP contribution in [0.25, 0.3) is 15.9 Å². The number of thioether (sulfide) groups is 1. The maximum absolute atomic E-state index is 13.0.